The van der Waals surface area contributed by atoms with E-state index in [1.165, 1.54) is 0 Å². The molecule has 282 valence electrons. The van der Waals surface area contributed by atoms with Crippen molar-refractivity contribution in [2.24, 2.45) is 11.6 Å². The number of benzene rings is 2. The summed E-state index contributed by atoms with van der Waals surface area (Å²) in [6, 6.07) is 8.91. The quantitative estimate of drug-likeness (QED) is 0.0406. The molecule has 0 bridgehead atoms. The monoisotopic (exact) mass is 728 g/mol. The Morgan fingerprint density at radius 3 is 2.36 bits per heavy atom. The highest BCUT2D eigenvalue weighted by molar-refractivity contribution is 6.03. The van der Waals surface area contributed by atoms with Crippen LogP contribution in [0, 0.1) is 6.92 Å². The highest BCUT2D eigenvalue weighted by Gasteiger charge is 2.21. The molecule has 4 heterocycles. The molecule has 0 radical (unpaired) electrons. The van der Waals surface area contributed by atoms with Gasteiger partial charge in [0, 0.05) is 58.4 Å². The SMILES string of the molecule is CCn1nc(C)cc1C(=O)Nc1nc2cc(CNN)cc(OC)c2n1C/C=C/Cn1c(NC)nc2cc(C(N)=O)cc(OCCCN3CCOCC3)c21. The lowest BCUT2D eigenvalue weighted by Crippen LogP contribution is -2.37. The molecule has 2 amide bonds. The number of hydrazine groups is 1. The molecule has 6 rings (SSSR count). The van der Waals surface area contributed by atoms with Gasteiger partial charge in [-0.1, -0.05) is 12.2 Å². The van der Waals surface area contributed by atoms with Gasteiger partial charge in [0.25, 0.3) is 5.91 Å². The predicted octanol–water partition coefficient (Wildman–Crippen LogP) is 2.63. The molecule has 1 fully saturated rings. The number of methoxy groups -OCH3 is 1. The van der Waals surface area contributed by atoms with Gasteiger partial charge in [0.15, 0.2) is 0 Å². The number of ether oxygens (including phenoxy) is 3. The van der Waals surface area contributed by atoms with E-state index < -0.39 is 5.91 Å². The highest BCUT2D eigenvalue weighted by atomic mass is 16.5. The number of anilines is 2. The van der Waals surface area contributed by atoms with Gasteiger partial charge in [0.05, 0.1) is 43.7 Å². The number of rotatable bonds is 17. The Labute approximate surface area is 307 Å². The first-order valence-electron chi connectivity index (χ1n) is 17.7. The van der Waals surface area contributed by atoms with E-state index in [1.807, 2.05) is 47.3 Å². The van der Waals surface area contributed by atoms with Crippen LogP contribution in [0.5, 0.6) is 11.5 Å². The highest BCUT2D eigenvalue weighted by Crippen LogP contribution is 2.33. The minimum absolute atomic E-state index is 0.321. The van der Waals surface area contributed by atoms with E-state index in [9.17, 15) is 9.59 Å². The van der Waals surface area contributed by atoms with E-state index in [0.717, 1.165) is 56.0 Å². The number of fused-ring (bicyclic) bond motifs is 2. The molecule has 1 aliphatic heterocycles. The number of nitrogens with two attached hydrogens (primary N) is 2. The van der Waals surface area contributed by atoms with Crippen LogP contribution in [-0.2, 0) is 30.9 Å². The molecular weight excluding hydrogens is 680 g/mol. The molecule has 0 spiro atoms. The van der Waals surface area contributed by atoms with Gasteiger partial charge in [-0.2, -0.15) is 5.10 Å². The number of primary amides is 1. The summed E-state index contributed by atoms with van der Waals surface area (Å²) in [6.45, 7) is 10.1. The molecule has 1 saturated heterocycles. The maximum absolute atomic E-state index is 13.5. The molecular formula is C36H48N12O5. The summed E-state index contributed by atoms with van der Waals surface area (Å²) in [6.07, 6.45) is 4.79. The Kier molecular flexibility index (Phi) is 11.9. The van der Waals surface area contributed by atoms with Gasteiger partial charge in [0.1, 0.15) is 28.2 Å². The third kappa shape index (κ3) is 8.28. The van der Waals surface area contributed by atoms with Crippen LogP contribution in [-0.4, -0.2) is 99.2 Å². The Morgan fingerprint density at radius 2 is 1.68 bits per heavy atom. The van der Waals surface area contributed by atoms with Crippen molar-refractivity contribution in [2.75, 3.05) is 64.2 Å². The Hall–Kier alpha value is -5.49. The molecule has 53 heavy (non-hydrogen) atoms. The second kappa shape index (κ2) is 16.9. The molecule has 5 aromatic rings. The van der Waals surface area contributed by atoms with E-state index in [4.69, 9.17) is 35.8 Å². The zero-order chi connectivity index (χ0) is 37.5. The van der Waals surface area contributed by atoms with Crippen molar-refractivity contribution in [2.45, 2.75) is 46.4 Å². The van der Waals surface area contributed by atoms with Crippen molar-refractivity contribution >= 4 is 45.8 Å². The lowest BCUT2D eigenvalue weighted by Gasteiger charge is -2.26. The third-order valence-corrected chi connectivity index (χ3v) is 9.09. The standard InChI is InChI=1S/C36H48N12O5/c1-5-48-28(17-23(2)44-48)34(50)43-36-42-26-18-24(22-40-38)19-29(51-4)31(26)47(36)11-7-6-10-46-32-27(41-35(46)39-3)20-25(33(37)49)21-30(32)53-14-8-9-45-12-15-52-16-13-45/h6-7,17-21,40H,5,8-16,22,38H2,1-4H3,(H2,37,49)(H,39,41)(H,42,43,50)/b7-6+. The second-order valence-electron chi connectivity index (χ2n) is 12.7. The summed E-state index contributed by atoms with van der Waals surface area (Å²) in [7, 11) is 3.39. The minimum atomic E-state index is -0.558. The van der Waals surface area contributed by atoms with Crippen LogP contribution in [0.1, 0.15) is 45.4 Å². The van der Waals surface area contributed by atoms with Crippen molar-refractivity contribution in [3.05, 3.63) is 65.0 Å². The molecule has 0 atom stereocenters. The molecule has 3 aromatic heterocycles. The average molecular weight is 729 g/mol. The zero-order valence-electron chi connectivity index (χ0n) is 30.6. The lowest BCUT2D eigenvalue weighted by atomic mass is 10.1. The molecule has 2 aromatic carbocycles. The number of morpholine rings is 1. The number of imidazole rings is 2. The van der Waals surface area contributed by atoms with E-state index in [-0.39, 0.29) is 5.91 Å². The van der Waals surface area contributed by atoms with E-state index in [1.54, 1.807) is 37.0 Å². The summed E-state index contributed by atoms with van der Waals surface area (Å²) >= 11 is 0. The van der Waals surface area contributed by atoms with Crippen LogP contribution in [0.3, 0.4) is 0 Å². The zero-order valence-corrected chi connectivity index (χ0v) is 30.6. The smallest absolute Gasteiger partial charge is 0.276 e. The molecule has 0 aliphatic carbocycles. The molecule has 17 nitrogen and oxygen atoms in total. The molecule has 0 unspecified atom stereocenters. The summed E-state index contributed by atoms with van der Waals surface area (Å²) in [4.78, 5) is 37.7. The van der Waals surface area contributed by atoms with Gasteiger partial charge in [-0.25, -0.2) is 9.97 Å². The molecule has 7 N–H and O–H groups in total. The van der Waals surface area contributed by atoms with Crippen molar-refractivity contribution in [3.63, 3.8) is 0 Å². The minimum Gasteiger partial charge on any atom is -0.494 e. The van der Waals surface area contributed by atoms with Crippen LogP contribution in [0.15, 0.2) is 42.5 Å². The predicted molar refractivity (Wildman–Crippen MR) is 202 cm³/mol. The van der Waals surface area contributed by atoms with E-state index in [0.29, 0.717) is 84.0 Å². The number of aryl methyl sites for hydroxylation is 2. The number of carbonyl (C=O) groups is 2. The van der Waals surface area contributed by atoms with E-state index >= 15 is 0 Å². The first-order valence-corrected chi connectivity index (χ1v) is 17.7. The molecule has 1 aliphatic rings. The number of nitrogens with one attached hydrogen (secondary N) is 3. The summed E-state index contributed by atoms with van der Waals surface area (Å²) in [5, 5.41) is 10.6. The maximum Gasteiger partial charge on any atom is 0.276 e. The second-order valence-corrected chi connectivity index (χ2v) is 12.7. The van der Waals surface area contributed by atoms with Crippen LogP contribution in [0.25, 0.3) is 22.1 Å². The van der Waals surface area contributed by atoms with Gasteiger partial charge in [0.2, 0.25) is 17.8 Å². The van der Waals surface area contributed by atoms with Gasteiger partial charge >= 0.3 is 0 Å². The summed E-state index contributed by atoms with van der Waals surface area (Å²) < 4.78 is 23.1. The first-order chi connectivity index (χ1) is 25.7. The number of amides is 2. The Balaban J connectivity index is 1.29. The number of hydrogen-bond acceptors (Lipinski definition) is 12. The van der Waals surface area contributed by atoms with Crippen molar-refractivity contribution < 1.29 is 23.8 Å². The number of aromatic nitrogens is 6. The largest absolute Gasteiger partial charge is 0.494 e. The van der Waals surface area contributed by atoms with Crippen molar-refractivity contribution in [1.82, 2.24) is 39.2 Å². The fourth-order valence-corrected chi connectivity index (χ4v) is 6.57. The van der Waals surface area contributed by atoms with Crippen LogP contribution in [0.2, 0.25) is 0 Å². The molecule has 0 saturated carbocycles. The Bertz CT molecular complexity index is 2110. The fraction of sp³-hybridized carbons (Fsp3) is 0.417. The Morgan fingerprint density at radius 1 is 0.981 bits per heavy atom. The molecule has 17 heteroatoms. The van der Waals surface area contributed by atoms with Gasteiger partial charge in [-0.05, 0) is 56.2 Å². The van der Waals surface area contributed by atoms with Crippen LogP contribution in [0.4, 0.5) is 11.9 Å². The number of carbonyl (C=O) groups excluding carboxylic acids is 2. The number of allylic oxidation sites excluding steroid dienone is 2. The lowest BCUT2D eigenvalue weighted by molar-refractivity contribution is 0.0358. The summed E-state index contributed by atoms with van der Waals surface area (Å²) in [5.41, 5.74) is 13.4. The van der Waals surface area contributed by atoms with Crippen molar-refractivity contribution in [3.8, 4) is 11.5 Å². The average Bonchev–Trinajstić information content (AvgIpc) is 3.84. The van der Waals surface area contributed by atoms with Crippen LogP contribution < -0.4 is 37.1 Å². The van der Waals surface area contributed by atoms with Crippen molar-refractivity contribution in [1.29, 1.82) is 0 Å². The number of hydrogen-bond donors (Lipinski definition) is 5. The van der Waals surface area contributed by atoms with E-state index in [2.05, 4.69) is 26.1 Å². The maximum atomic E-state index is 13.5. The van der Waals surface area contributed by atoms with Gasteiger partial charge in [-0.15, -0.1) is 0 Å². The van der Waals surface area contributed by atoms with Gasteiger partial charge < -0.3 is 34.4 Å². The van der Waals surface area contributed by atoms with Crippen LogP contribution >= 0.6 is 0 Å². The topological polar surface area (TPSA) is 207 Å². The summed E-state index contributed by atoms with van der Waals surface area (Å²) in [5.74, 6) is 6.79. The third-order valence-electron chi connectivity index (χ3n) is 9.09. The first kappa shape index (κ1) is 37.3. The fourth-order valence-electron chi connectivity index (χ4n) is 6.57. The number of nitrogens with zero attached hydrogens (tertiary/aromatic N) is 7. The normalized spacial score (nSPS) is 13.7. The van der Waals surface area contributed by atoms with Gasteiger partial charge in [-0.3, -0.25) is 35.8 Å².